The van der Waals surface area contributed by atoms with Gasteiger partial charge in [-0.3, -0.25) is 4.90 Å². The predicted octanol–water partition coefficient (Wildman–Crippen LogP) is 2.50. The molecule has 5 nitrogen and oxygen atoms in total. The number of amides is 2. The average Bonchev–Trinajstić information content (AvgIpc) is 2.64. The fourth-order valence-electron chi connectivity index (χ4n) is 2.97. The molecule has 2 amide bonds. The number of rotatable bonds is 4. The van der Waals surface area contributed by atoms with E-state index in [0.717, 1.165) is 29.9 Å². The summed E-state index contributed by atoms with van der Waals surface area (Å²) in [5.74, 6) is 0. The number of anilines is 1. The SMILES string of the molecule is O=C(Nc1ccccc1-c1ccccc1)N1CCN(CCO)CC1. The molecule has 0 aliphatic carbocycles. The lowest BCUT2D eigenvalue weighted by Gasteiger charge is -2.34. The molecule has 1 heterocycles. The predicted molar refractivity (Wildman–Crippen MR) is 96.0 cm³/mol. The Hall–Kier alpha value is -2.37. The number of aliphatic hydroxyl groups excluding tert-OH is 1. The molecule has 2 N–H and O–H groups in total. The van der Waals surface area contributed by atoms with Gasteiger partial charge in [-0.25, -0.2) is 4.79 Å². The number of carbonyl (C=O) groups excluding carboxylic acids is 1. The molecule has 126 valence electrons. The van der Waals surface area contributed by atoms with Crippen LogP contribution in [0.2, 0.25) is 0 Å². The number of benzene rings is 2. The van der Waals surface area contributed by atoms with Crippen LogP contribution in [0.25, 0.3) is 11.1 Å². The van der Waals surface area contributed by atoms with Crippen molar-refractivity contribution in [2.75, 3.05) is 44.6 Å². The van der Waals surface area contributed by atoms with Gasteiger partial charge in [0.05, 0.1) is 12.3 Å². The number of aliphatic hydroxyl groups is 1. The Morgan fingerprint density at radius 1 is 0.958 bits per heavy atom. The number of hydrogen-bond acceptors (Lipinski definition) is 3. The van der Waals surface area contributed by atoms with Crippen LogP contribution in [0.1, 0.15) is 0 Å². The van der Waals surface area contributed by atoms with Crippen LogP contribution in [0.5, 0.6) is 0 Å². The lowest BCUT2D eigenvalue weighted by atomic mass is 10.0. The molecule has 2 aromatic carbocycles. The third-order valence-electron chi connectivity index (χ3n) is 4.33. The van der Waals surface area contributed by atoms with Gasteiger partial charge >= 0.3 is 6.03 Å². The van der Waals surface area contributed by atoms with Crippen LogP contribution < -0.4 is 5.32 Å². The Morgan fingerprint density at radius 2 is 1.62 bits per heavy atom. The number of nitrogens with one attached hydrogen (secondary N) is 1. The molecular weight excluding hydrogens is 302 g/mol. The first-order valence-corrected chi connectivity index (χ1v) is 8.31. The van der Waals surface area contributed by atoms with Crippen LogP contribution in [0.3, 0.4) is 0 Å². The van der Waals surface area contributed by atoms with Crippen LogP contribution >= 0.6 is 0 Å². The van der Waals surface area contributed by atoms with Crippen molar-refractivity contribution in [3.8, 4) is 11.1 Å². The van der Waals surface area contributed by atoms with Gasteiger partial charge in [0.1, 0.15) is 0 Å². The van der Waals surface area contributed by atoms with Crippen molar-refractivity contribution in [3.05, 3.63) is 54.6 Å². The molecule has 24 heavy (non-hydrogen) atoms. The molecule has 0 aromatic heterocycles. The molecule has 0 radical (unpaired) electrons. The number of β-amino-alcohol motifs (C(OH)–C–C–N with tert-alkyl or cyclic N) is 1. The zero-order valence-corrected chi connectivity index (χ0v) is 13.7. The van der Waals surface area contributed by atoms with E-state index in [1.807, 2.05) is 59.5 Å². The van der Waals surface area contributed by atoms with E-state index in [1.165, 1.54) is 0 Å². The lowest BCUT2D eigenvalue weighted by molar-refractivity contribution is 0.127. The van der Waals surface area contributed by atoms with Gasteiger partial charge in [-0.1, -0.05) is 48.5 Å². The summed E-state index contributed by atoms with van der Waals surface area (Å²) in [7, 11) is 0. The normalized spacial score (nSPS) is 15.3. The van der Waals surface area contributed by atoms with Crippen LogP contribution in [0, 0.1) is 0 Å². The van der Waals surface area contributed by atoms with E-state index in [1.54, 1.807) is 0 Å². The summed E-state index contributed by atoms with van der Waals surface area (Å²) in [4.78, 5) is 16.6. The largest absolute Gasteiger partial charge is 0.395 e. The maximum Gasteiger partial charge on any atom is 0.321 e. The van der Waals surface area contributed by atoms with Gasteiger partial charge in [0, 0.05) is 38.3 Å². The number of hydrogen-bond donors (Lipinski definition) is 2. The molecule has 5 heteroatoms. The van der Waals surface area contributed by atoms with Gasteiger partial charge in [0.25, 0.3) is 0 Å². The molecule has 0 saturated carbocycles. The number of urea groups is 1. The van der Waals surface area contributed by atoms with Crippen LogP contribution in [0.4, 0.5) is 10.5 Å². The molecule has 3 rings (SSSR count). The maximum absolute atomic E-state index is 12.6. The molecule has 0 bridgehead atoms. The van der Waals surface area contributed by atoms with Crippen molar-refractivity contribution in [1.82, 2.24) is 9.80 Å². The summed E-state index contributed by atoms with van der Waals surface area (Å²) in [6.45, 7) is 3.80. The fourth-order valence-corrected chi connectivity index (χ4v) is 2.97. The summed E-state index contributed by atoms with van der Waals surface area (Å²) in [5, 5.41) is 12.0. The molecule has 0 unspecified atom stereocenters. The van der Waals surface area contributed by atoms with E-state index < -0.39 is 0 Å². The van der Waals surface area contributed by atoms with Crippen molar-refractivity contribution in [3.63, 3.8) is 0 Å². The molecule has 0 atom stereocenters. The molecule has 1 aliphatic rings. The quantitative estimate of drug-likeness (QED) is 0.908. The van der Waals surface area contributed by atoms with Crippen molar-refractivity contribution in [2.45, 2.75) is 0 Å². The summed E-state index contributed by atoms with van der Waals surface area (Å²) in [6.07, 6.45) is 0. The molecule has 0 spiro atoms. The van der Waals surface area contributed by atoms with E-state index in [9.17, 15) is 4.79 Å². The first kappa shape index (κ1) is 16.5. The summed E-state index contributed by atoms with van der Waals surface area (Å²) in [5.41, 5.74) is 2.93. The number of piperazine rings is 1. The Bertz CT molecular complexity index is 667. The smallest absolute Gasteiger partial charge is 0.321 e. The molecular formula is C19H23N3O2. The van der Waals surface area contributed by atoms with E-state index in [-0.39, 0.29) is 12.6 Å². The zero-order valence-electron chi connectivity index (χ0n) is 13.7. The van der Waals surface area contributed by atoms with Crippen LogP contribution in [-0.2, 0) is 0 Å². The van der Waals surface area contributed by atoms with Gasteiger partial charge in [-0.2, -0.15) is 0 Å². The maximum atomic E-state index is 12.6. The molecule has 2 aromatic rings. The second-order valence-electron chi connectivity index (χ2n) is 5.89. The molecule has 1 aliphatic heterocycles. The van der Waals surface area contributed by atoms with Gasteiger partial charge in [0.15, 0.2) is 0 Å². The number of para-hydroxylation sites is 1. The first-order chi connectivity index (χ1) is 11.8. The van der Waals surface area contributed by atoms with Crippen molar-refractivity contribution >= 4 is 11.7 Å². The zero-order chi connectivity index (χ0) is 16.8. The van der Waals surface area contributed by atoms with Crippen LogP contribution in [-0.4, -0.2) is 60.3 Å². The van der Waals surface area contributed by atoms with Crippen LogP contribution in [0.15, 0.2) is 54.6 Å². The van der Waals surface area contributed by atoms with E-state index in [0.29, 0.717) is 19.6 Å². The van der Waals surface area contributed by atoms with Crippen molar-refractivity contribution in [1.29, 1.82) is 0 Å². The van der Waals surface area contributed by atoms with Crippen molar-refractivity contribution < 1.29 is 9.90 Å². The Morgan fingerprint density at radius 3 is 2.33 bits per heavy atom. The number of nitrogens with zero attached hydrogens (tertiary/aromatic N) is 2. The molecule has 1 fully saturated rings. The summed E-state index contributed by atoms with van der Waals surface area (Å²) >= 11 is 0. The van der Waals surface area contributed by atoms with Crippen molar-refractivity contribution in [2.24, 2.45) is 0 Å². The average molecular weight is 325 g/mol. The fraction of sp³-hybridized carbons (Fsp3) is 0.316. The lowest BCUT2D eigenvalue weighted by Crippen LogP contribution is -2.50. The van der Waals surface area contributed by atoms with Gasteiger partial charge < -0.3 is 15.3 Å². The summed E-state index contributed by atoms with van der Waals surface area (Å²) < 4.78 is 0. The minimum absolute atomic E-state index is 0.0676. The van der Waals surface area contributed by atoms with Gasteiger partial charge in [-0.05, 0) is 11.6 Å². The second kappa shape index (κ2) is 7.95. The highest BCUT2D eigenvalue weighted by molar-refractivity contribution is 5.94. The highest BCUT2D eigenvalue weighted by Crippen LogP contribution is 2.27. The van der Waals surface area contributed by atoms with Gasteiger partial charge in [-0.15, -0.1) is 0 Å². The Labute approximate surface area is 142 Å². The second-order valence-corrected chi connectivity index (χ2v) is 5.89. The van der Waals surface area contributed by atoms with Gasteiger partial charge in [0.2, 0.25) is 0 Å². The summed E-state index contributed by atoms with van der Waals surface area (Å²) in [6, 6.07) is 17.8. The van der Waals surface area contributed by atoms with E-state index in [4.69, 9.17) is 5.11 Å². The molecule has 1 saturated heterocycles. The standard InChI is InChI=1S/C19H23N3O2/c23-15-14-21-10-12-22(13-11-21)19(24)20-18-9-5-4-8-17(18)16-6-2-1-3-7-16/h1-9,23H,10-15H2,(H,20,24). The monoisotopic (exact) mass is 325 g/mol. The third-order valence-corrected chi connectivity index (χ3v) is 4.33. The first-order valence-electron chi connectivity index (χ1n) is 8.31. The third kappa shape index (κ3) is 3.93. The minimum Gasteiger partial charge on any atom is -0.395 e. The topological polar surface area (TPSA) is 55.8 Å². The minimum atomic E-state index is -0.0676. The Balaban J connectivity index is 1.68. The van der Waals surface area contributed by atoms with E-state index >= 15 is 0 Å². The highest BCUT2D eigenvalue weighted by atomic mass is 16.3. The van der Waals surface area contributed by atoms with E-state index in [2.05, 4.69) is 10.2 Å². The number of carbonyl (C=O) groups is 1. The Kier molecular flexibility index (Phi) is 5.46. The highest BCUT2D eigenvalue weighted by Gasteiger charge is 2.21.